The predicted molar refractivity (Wildman–Crippen MR) is 109 cm³/mol. The van der Waals surface area contributed by atoms with Crippen molar-refractivity contribution in [3.8, 4) is 0 Å². The molecule has 0 saturated heterocycles. The summed E-state index contributed by atoms with van der Waals surface area (Å²) >= 11 is 1.84. The van der Waals surface area contributed by atoms with E-state index in [1.54, 1.807) is 11.1 Å². The van der Waals surface area contributed by atoms with Crippen LogP contribution < -0.4 is 0 Å². The number of allylic oxidation sites excluding steroid dienone is 1. The Morgan fingerprint density at radius 3 is 2.67 bits per heavy atom. The lowest BCUT2D eigenvalue weighted by Crippen LogP contribution is -2.32. The Morgan fingerprint density at radius 2 is 1.92 bits per heavy atom. The van der Waals surface area contributed by atoms with Crippen LogP contribution >= 0.6 is 23.7 Å². The molecule has 0 unspecified atom stereocenters. The van der Waals surface area contributed by atoms with Gasteiger partial charge in [-0.05, 0) is 90.2 Å². The Kier molecular flexibility index (Phi) is 5.49. The van der Waals surface area contributed by atoms with Crippen molar-refractivity contribution in [1.29, 1.82) is 0 Å². The largest absolute Gasteiger partial charge is 0.299 e. The summed E-state index contributed by atoms with van der Waals surface area (Å²) in [4.78, 5) is 2.41. The molecule has 1 fully saturated rings. The summed E-state index contributed by atoms with van der Waals surface area (Å²) in [6, 6.07) is 9.36. The summed E-state index contributed by atoms with van der Waals surface area (Å²) in [5, 5.41) is 3.61. The van der Waals surface area contributed by atoms with E-state index in [0.717, 1.165) is 24.9 Å². The first-order valence-corrected chi connectivity index (χ1v) is 9.64. The Bertz CT molecular complexity index is 752. The quantitative estimate of drug-likeness (QED) is 0.590. The van der Waals surface area contributed by atoms with Gasteiger partial charge in [0.1, 0.15) is 0 Å². The van der Waals surface area contributed by atoms with Crippen molar-refractivity contribution in [2.24, 2.45) is 11.8 Å². The molecular weight excluding hydrogens is 334 g/mol. The van der Waals surface area contributed by atoms with Crippen LogP contribution in [0.2, 0.25) is 0 Å². The third kappa shape index (κ3) is 3.20. The van der Waals surface area contributed by atoms with E-state index in [-0.39, 0.29) is 12.4 Å². The molecule has 0 radical (unpaired) electrons. The molecule has 2 bridgehead atoms. The Morgan fingerprint density at radius 1 is 1.17 bits per heavy atom. The second-order valence-electron chi connectivity index (χ2n) is 7.15. The normalized spacial score (nSPS) is 22.9. The Hall–Kier alpha value is -1.09. The predicted octanol–water partition coefficient (Wildman–Crippen LogP) is 6.01. The second-order valence-corrected chi connectivity index (χ2v) is 8.09. The highest BCUT2D eigenvalue weighted by atomic mass is 35.5. The van der Waals surface area contributed by atoms with Gasteiger partial charge in [-0.1, -0.05) is 12.1 Å². The lowest BCUT2D eigenvalue weighted by atomic mass is 9.65. The van der Waals surface area contributed by atoms with Crippen molar-refractivity contribution in [2.45, 2.75) is 25.7 Å². The number of rotatable bonds is 5. The minimum atomic E-state index is 0. The molecule has 1 saturated carbocycles. The fraction of sp³-hybridized carbons (Fsp3) is 0.429. The molecule has 0 atom stereocenters. The topological polar surface area (TPSA) is 3.24 Å². The van der Waals surface area contributed by atoms with Gasteiger partial charge < -0.3 is 0 Å². The van der Waals surface area contributed by atoms with Crippen LogP contribution in [0.3, 0.4) is 0 Å². The van der Waals surface area contributed by atoms with Crippen LogP contribution in [0.25, 0.3) is 15.7 Å². The molecule has 3 heteroatoms. The molecule has 0 spiro atoms. The minimum Gasteiger partial charge on any atom is -0.299 e. The van der Waals surface area contributed by atoms with E-state index < -0.39 is 0 Å². The first-order chi connectivity index (χ1) is 11.3. The molecule has 2 aromatic rings. The van der Waals surface area contributed by atoms with Gasteiger partial charge in [0, 0.05) is 17.8 Å². The first kappa shape index (κ1) is 17.7. The van der Waals surface area contributed by atoms with Crippen molar-refractivity contribution in [1.82, 2.24) is 4.90 Å². The molecule has 3 aliphatic rings. The third-order valence-corrected chi connectivity index (χ3v) is 6.52. The van der Waals surface area contributed by atoms with Crippen LogP contribution in [0.4, 0.5) is 0 Å². The third-order valence-electron chi connectivity index (χ3n) is 5.62. The highest BCUT2D eigenvalue weighted by Crippen LogP contribution is 2.49. The zero-order chi connectivity index (χ0) is 15.8. The van der Waals surface area contributed by atoms with Crippen LogP contribution in [0.15, 0.2) is 47.9 Å². The van der Waals surface area contributed by atoms with E-state index >= 15 is 0 Å². The number of thiophene rings is 1. The highest BCUT2D eigenvalue weighted by Gasteiger charge is 2.35. The van der Waals surface area contributed by atoms with Gasteiger partial charge in [0.15, 0.2) is 0 Å². The van der Waals surface area contributed by atoms with Gasteiger partial charge in [-0.25, -0.2) is 0 Å². The molecule has 1 heterocycles. The highest BCUT2D eigenvalue weighted by molar-refractivity contribution is 7.17. The summed E-state index contributed by atoms with van der Waals surface area (Å²) in [5.41, 5.74) is 4.87. The standard InChI is InChI=1S/C21H25NS.ClH/c1-3-11-22(2)14-19-15-4-6-16(7-5-15)21(19)18-8-9-20-17(13-18)10-12-23-20;/h3,8-10,12-13,15-16H,1,4-7,11,14H2,2H3;1H. The molecule has 128 valence electrons. The number of hydrogen-bond acceptors (Lipinski definition) is 2. The van der Waals surface area contributed by atoms with Crippen molar-refractivity contribution in [3.63, 3.8) is 0 Å². The van der Waals surface area contributed by atoms with Crippen molar-refractivity contribution >= 4 is 39.4 Å². The van der Waals surface area contributed by atoms with E-state index in [9.17, 15) is 0 Å². The van der Waals surface area contributed by atoms with Crippen LogP contribution in [0.5, 0.6) is 0 Å². The van der Waals surface area contributed by atoms with Gasteiger partial charge in [0.2, 0.25) is 0 Å². The maximum absolute atomic E-state index is 3.89. The lowest BCUT2D eigenvalue weighted by molar-refractivity contribution is 0.293. The van der Waals surface area contributed by atoms with Crippen molar-refractivity contribution < 1.29 is 0 Å². The molecule has 3 aliphatic carbocycles. The van der Waals surface area contributed by atoms with Crippen molar-refractivity contribution in [3.05, 3.63) is 53.4 Å². The summed E-state index contributed by atoms with van der Waals surface area (Å²) in [7, 11) is 2.22. The number of benzene rings is 1. The van der Waals surface area contributed by atoms with Gasteiger partial charge in [-0.3, -0.25) is 4.90 Å². The van der Waals surface area contributed by atoms with Crippen LogP contribution in [-0.2, 0) is 0 Å². The minimum absolute atomic E-state index is 0. The molecular formula is C21H26ClNS. The van der Waals surface area contributed by atoms with E-state index in [4.69, 9.17) is 0 Å². The van der Waals surface area contributed by atoms with Gasteiger partial charge >= 0.3 is 0 Å². The molecule has 1 nitrogen and oxygen atoms in total. The number of fused-ring (bicyclic) bond motifs is 3. The van der Waals surface area contributed by atoms with Gasteiger partial charge in [0.05, 0.1) is 0 Å². The summed E-state index contributed by atoms with van der Waals surface area (Å²) in [5.74, 6) is 1.59. The van der Waals surface area contributed by atoms with Crippen LogP contribution in [0, 0.1) is 11.8 Å². The van der Waals surface area contributed by atoms with E-state index in [2.05, 4.69) is 48.2 Å². The number of likely N-dealkylation sites (N-methyl/N-ethyl adjacent to an activating group) is 1. The zero-order valence-electron chi connectivity index (χ0n) is 14.3. The van der Waals surface area contributed by atoms with E-state index in [1.165, 1.54) is 41.3 Å². The average molecular weight is 360 g/mol. The lowest BCUT2D eigenvalue weighted by Gasteiger charge is -2.42. The van der Waals surface area contributed by atoms with Crippen molar-refractivity contribution in [2.75, 3.05) is 20.1 Å². The maximum Gasteiger partial charge on any atom is 0.0343 e. The number of nitrogens with zero attached hydrogens (tertiary/aromatic N) is 1. The molecule has 5 rings (SSSR count). The fourth-order valence-corrected chi connectivity index (χ4v) is 5.33. The SMILES string of the molecule is C=CCN(C)CC1=C(c2ccc3sccc3c2)C2CCC1CC2.Cl. The fourth-order valence-electron chi connectivity index (χ4n) is 4.56. The van der Waals surface area contributed by atoms with E-state index in [1.807, 2.05) is 17.4 Å². The number of halogens is 1. The molecule has 0 amide bonds. The smallest absolute Gasteiger partial charge is 0.0343 e. The molecule has 0 aliphatic heterocycles. The maximum atomic E-state index is 3.89. The summed E-state index contributed by atoms with van der Waals surface area (Å²) in [6.45, 7) is 5.96. The number of hydrogen-bond donors (Lipinski definition) is 0. The molecule has 1 aromatic carbocycles. The zero-order valence-corrected chi connectivity index (χ0v) is 16.0. The molecule has 0 N–H and O–H groups in total. The molecule has 24 heavy (non-hydrogen) atoms. The second kappa shape index (κ2) is 7.43. The average Bonchev–Trinajstić information content (AvgIpc) is 3.03. The Balaban J connectivity index is 0.00000169. The molecule has 1 aromatic heterocycles. The van der Waals surface area contributed by atoms with Crippen LogP contribution in [-0.4, -0.2) is 25.0 Å². The summed E-state index contributed by atoms with van der Waals surface area (Å²) < 4.78 is 1.40. The van der Waals surface area contributed by atoms with Crippen LogP contribution in [0.1, 0.15) is 31.2 Å². The van der Waals surface area contributed by atoms with E-state index in [0.29, 0.717) is 0 Å². The Labute approximate surface area is 155 Å². The van der Waals surface area contributed by atoms with Gasteiger partial charge in [-0.15, -0.1) is 30.3 Å². The first-order valence-electron chi connectivity index (χ1n) is 8.76. The monoisotopic (exact) mass is 359 g/mol. The van der Waals surface area contributed by atoms with Gasteiger partial charge in [-0.2, -0.15) is 0 Å². The van der Waals surface area contributed by atoms with Gasteiger partial charge in [0.25, 0.3) is 0 Å². The summed E-state index contributed by atoms with van der Waals surface area (Å²) in [6.07, 6.45) is 7.57.